The minimum atomic E-state index is -0.0998. The van der Waals surface area contributed by atoms with Gasteiger partial charge in [-0.2, -0.15) is 0 Å². The van der Waals surface area contributed by atoms with Crippen LogP contribution in [0.1, 0.15) is 45.1 Å². The Kier molecular flexibility index (Phi) is 6.60. The first-order valence-corrected chi connectivity index (χ1v) is 8.51. The van der Waals surface area contributed by atoms with Crippen molar-refractivity contribution < 1.29 is 9.47 Å². The van der Waals surface area contributed by atoms with Crippen LogP contribution < -0.4 is 15.2 Å². The largest absolute Gasteiger partial charge is 0.454 e. The van der Waals surface area contributed by atoms with Gasteiger partial charge in [0.25, 0.3) is 0 Å². The number of rotatable bonds is 3. The molecule has 0 saturated carbocycles. The number of ether oxygens (including phenoxy) is 2. The molecular formula is C18H28IN3O2. The smallest absolute Gasteiger partial charge is 0.231 e. The van der Waals surface area contributed by atoms with Gasteiger partial charge < -0.3 is 20.1 Å². The first-order chi connectivity index (χ1) is 11.1. The summed E-state index contributed by atoms with van der Waals surface area (Å²) in [6.45, 7) is 7.39. The number of benzene rings is 1. The van der Waals surface area contributed by atoms with E-state index in [9.17, 15) is 0 Å². The summed E-state index contributed by atoms with van der Waals surface area (Å²) in [5.74, 6) is 2.32. The van der Waals surface area contributed by atoms with Gasteiger partial charge in [-0.1, -0.05) is 32.8 Å². The normalized spacial score (nSPS) is 18.1. The highest BCUT2D eigenvalue weighted by molar-refractivity contribution is 14.0. The minimum Gasteiger partial charge on any atom is -0.454 e. The van der Waals surface area contributed by atoms with Gasteiger partial charge in [-0.05, 0) is 30.5 Å². The van der Waals surface area contributed by atoms with Gasteiger partial charge in [-0.15, -0.1) is 24.0 Å². The topological polar surface area (TPSA) is 60.1 Å². The summed E-state index contributed by atoms with van der Waals surface area (Å²) in [5, 5.41) is 0. The molecule has 5 nitrogen and oxygen atoms in total. The Morgan fingerprint density at radius 2 is 1.79 bits per heavy atom. The van der Waals surface area contributed by atoms with Crippen LogP contribution in [0.2, 0.25) is 0 Å². The van der Waals surface area contributed by atoms with Gasteiger partial charge in [-0.25, -0.2) is 0 Å². The SMILES string of the molecule is CC(C)(CN=C(N)N1CCCCCC1)c1ccc2c(c1)OCO2.I. The van der Waals surface area contributed by atoms with Gasteiger partial charge in [0.15, 0.2) is 17.5 Å². The number of nitrogens with two attached hydrogens (primary N) is 1. The Morgan fingerprint density at radius 3 is 2.50 bits per heavy atom. The van der Waals surface area contributed by atoms with Crippen LogP contribution in [-0.2, 0) is 5.41 Å². The Balaban J connectivity index is 0.00000208. The summed E-state index contributed by atoms with van der Waals surface area (Å²) >= 11 is 0. The van der Waals surface area contributed by atoms with Crippen molar-refractivity contribution >= 4 is 29.9 Å². The first kappa shape index (κ1) is 19.1. The third-order valence-electron chi connectivity index (χ3n) is 4.72. The van der Waals surface area contributed by atoms with Crippen LogP contribution in [0.3, 0.4) is 0 Å². The maximum absolute atomic E-state index is 6.22. The van der Waals surface area contributed by atoms with Crippen LogP contribution in [0.4, 0.5) is 0 Å². The molecule has 0 atom stereocenters. The number of halogens is 1. The minimum absolute atomic E-state index is 0. The summed E-state index contributed by atoms with van der Waals surface area (Å²) in [7, 11) is 0. The summed E-state index contributed by atoms with van der Waals surface area (Å²) < 4.78 is 10.9. The summed E-state index contributed by atoms with van der Waals surface area (Å²) in [4.78, 5) is 6.90. The molecule has 0 bridgehead atoms. The van der Waals surface area contributed by atoms with Gasteiger partial charge in [0.05, 0.1) is 6.54 Å². The number of nitrogens with zero attached hydrogens (tertiary/aromatic N) is 2. The fraction of sp³-hybridized carbons (Fsp3) is 0.611. The molecule has 1 aromatic carbocycles. The highest BCUT2D eigenvalue weighted by Gasteiger charge is 2.24. The van der Waals surface area contributed by atoms with E-state index in [4.69, 9.17) is 15.2 Å². The molecule has 1 saturated heterocycles. The zero-order valence-corrected chi connectivity index (χ0v) is 16.9. The van der Waals surface area contributed by atoms with Crippen LogP contribution in [0.15, 0.2) is 23.2 Å². The predicted octanol–water partition coefficient (Wildman–Crippen LogP) is 3.50. The van der Waals surface area contributed by atoms with Crippen LogP contribution >= 0.6 is 24.0 Å². The van der Waals surface area contributed by atoms with Crippen LogP contribution in [-0.4, -0.2) is 37.3 Å². The molecule has 6 heteroatoms. The van der Waals surface area contributed by atoms with Gasteiger partial charge in [0.1, 0.15) is 0 Å². The third-order valence-corrected chi connectivity index (χ3v) is 4.72. The van der Waals surface area contributed by atoms with Crippen molar-refractivity contribution in [1.82, 2.24) is 4.90 Å². The number of fused-ring (bicyclic) bond motifs is 1. The van der Waals surface area contributed by atoms with E-state index in [0.29, 0.717) is 19.3 Å². The molecule has 0 unspecified atom stereocenters. The molecule has 0 aromatic heterocycles. The fourth-order valence-electron chi connectivity index (χ4n) is 3.09. The standard InChI is InChI=1S/C18H27N3O2.HI/c1-18(2,14-7-8-15-16(11-14)23-13-22-15)12-20-17(19)21-9-5-3-4-6-10-21;/h7-8,11H,3-6,9-10,12-13H2,1-2H3,(H2,19,20);1H. The highest BCUT2D eigenvalue weighted by atomic mass is 127. The Labute approximate surface area is 161 Å². The Morgan fingerprint density at radius 1 is 1.12 bits per heavy atom. The van der Waals surface area contributed by atoms with Crippen molar-refractivity contribution in [2.45, 2.75) is 44.9 Å². The molecule has 1 fully saturated rings. The van der Waals surface area contributed by atoms with E-state index in [1.165, 1.54) is 31.2 Å². The molecule has 0 radical (unpaired) electrons. The molecule has 3 rings (SSSR count). The second kappa shape index (κ2) is 8.27. The van der Waals surface area contributed by atoms with E-state index in [1.54, 1.807) is 0 Å². The first-order valence-electron chi connectivity index (χ1n) is 8.51. The summed E-state index contributed by atoms with van der Waals surface area (Å²) in [5.41, 5.74) is 7.31. The predicted molar refractivity (Wildman–Crippen MR) is 108 cm³/mol. The van der Waals surface area contributed by atoms with Crippen LogP contribution in [0.25, 0.3) is 0 Å². The maximum atomic E-state index is 6.22. The van der Waals surface area contributed by atoms with Gasteiger partial charge in [0, 0.05) is 18.5 Å². The monoisotopic (exact) mass is 445 g/mol. The van der Waals surface area contributed by atoms with Gasteiger partial charge in [-0.3, -0.25) is 4.99 Å². The van der Waals surface area contributed by atoms with Crippen LogP contribution in [0.5, 0.6) is 11.5 Å². The van der Waals surface area contributed by atoms with Crippen molar-refractivity contribution in [2.24, 2.45) is 10.7 Å². The van der Waals surface area contributed by atoms with Crippen molar-refractivity contribution in [1.29, 1.82) is 0 Å². The molecule has 2 aliphatic rings. The lowest BCUT2D eigenvalue weighted by Crippen LogP contribution is -2.39. The van der Waals surface area contributed by atoms with Crippen LogP contribution in [0, 0.1) is 0 Å². The van der Waals surface area contributed by atoms with Gasteiger partial charge >= 0.3 is 0 Å². The average molecular weight is 445 g/mol. The molecule has 2 N–H and O–H groups in total. The lowest BCUT2D eigenvalue weighted by atomic mass is 9.84. The lowest BCUT2D eigenvalue weighted by Gasteiger charge is -2.26. The number of guanidine groups is 1. The van der Waals surface area contributed by atoms with E-state index in [-0.39, 0.29) is 29.4 Å². The van der Waals surface area contributed by atoms with Crippen molar-refractivity contribution in [3.8, 4) is 11.5 Å². The molecule has 2 heterocycles. The molecular weight excluding hydrogens is 417 g/mol. The quantitative estimate of drug-likeness (QED) is 0.440. The number of hydrogen-bond acceptors (Lipinski definition) is 3. The van der Waals surface area contributed by atoms with E-state index >= 15 is 0 Å². The zero-order chi connectivity index (χ0) is 16.3. The maximum Gasteiger partial charge on any atom is 0.231 e. The highest BCUT2D eigenvalue weighted by Crippen LogP contribution is 2.36. The number of hydrogen-bond donors (Lipinski definition) is 1. The number of aliphatic imine (C=N–C) groups is 1. The van der Waals surface area contributed by atoms with E-state index in [2.05, 4.69) is 35.9 Å². The van der Waals surface area contributed by atoms with Gasteiger partial charge in [0.2, 0.25) is 6.79 Å². The Bertz CT molecular complexity index is 582. The number of likely N-dealkylation sites (tertiary alicyclic amines) is 1. The molecule has 0 amide bonds. The van der Waals surface area contributed by atoms with E-state index in [0.717, 1.165) is 24.6 Å². The molecule has 134 valence electrons. The fourth-order valence-corrected chi connectivity index (χ4v) is 3.09. The third kappa shape index (κ3) is 4.46. The lowest BCUT2D eigenvalue weighted by molar-refractivity contribution is 0.174. The summed E-state index contributed by atoms with van der Waals surface area (Å²) in [6, 6.07) is 6.12. The second-order valence-corrected chi connectivity index (χ2v) is 7.03. The van der Waals surface area contributed by atoms with E-state index in [1.807, 2.05) is 6.07 Å². The van der Waals surface area contributed by atoms with E-state index < -0.39 is 0 Å². The molecule has 1 aromatic rings. The average Bonchev–Trinajstić information content (AvgIpc) is 2.84. The second-order valence-electron chi connectivity index (χ2n) is 7.03. The van der Waals surface area contributed by atoms with Crippen molar-refractivity contribution in [2.75, 3.05) is 26.4 Å². The van der Waals surface area contributed by atoms with Crippen molar-refractivity contribution in [3.63, 3.8) is 0 Å². The zero-order valence-electron chi connectivity index (χ0n) is 14.6. The Hall–Kier alpha value is -1.18. The van der Waals surface area contributed by atoms with Crippen molar-refractivity contribution in [3.05, 3.63) is 23.8 Å². The molecule has 0 spiro atoms. The summed E-state index contributed by atoms with van der Waals surface area (Å²) in [6.07, 6.45) is 5.02. The molecule has 24 heavy (non-hydrogen) atoms. The molecule has 2 aliphatic heterocycles. The molecule has 0 aliphatic carbocycles.